The second-order valence-corrected chi connectivity index (χ2v) is 5.24. The summed E-state index contributed by atoms with van der Waals surface area (Å²) in [5, 5.41) is 1.10. The number of thiazole rings is 1. The lowest BCUT2D eigenvalue weighted by Gasteiger charge is -2.28. The van der Waals surface area contributed by atoms with E-state index in [0.717, 1.165) is 24.5 Å². The molecular formula is C10H15N3OS. The molecule has 2 heterocycles. The number of aromatic nitrogens is 1. The Morgan fingerprint density at radius 1 is 1.53 bits per heavy atom. The number of rotatable bonds is 0. The van der Waals surface area contributed by atoms with Gasteiger partial charge >= 0.3 is 6.03 Å². The number of amides is 2. The monoisotopic (exact) mass is 225 g/mol. The van der Waals surface area contributed by atoms with Gasteiger partial charge in [0.2, 0.25) is 0 Å². The van der Waals surface area contributed by atoms with Gasteiger partial charge in [-0.25, -0.2) is 9.78 Å². The van der Waals surface area contributed by atoms with Gasteiger partial charge < -0.3 is 9.80 Å². The van der Waals surface area contributed by atoms with Crippen molar-refractivity contribution in [3.8, 4) is 0 Å². The Balaban J connectivity index is 2.15. The molecule has 0 fully saturated rings. The standard InChI is InChI=1S/C10H15N3OS/c1-7-11-8-4-5-13(6-9(8)15-7)10(14)12(2)3/h4-6H2,1-3H3. The van der Waals surface area contributed by atoms with Crippen molar-refractivity contribution in [2.75, 3.05) is 20.6 Å². The summed E-state index contributed by atoms with van der Waals surface area (Å²) in [5.74, 6) is 0. The Bertz CT molecular complexity index is 386. The van der Waals surface area contributed by atoms with E-state index in [1.807, 2.05) is 11.8 Å². The molecule has 1 aliphatic rings. The summed E-state index contributed by atoms with van der Waals surface area (Å²) in [6, 6.07) is 0.0895. The maximum Gasteiger partial charge on any atom is 0.319 e. The molecule has 1 aliphatic heterocycles. The molecule has 0 saturated heterocycles. The molecule has 0 bridgehead atoms. The van der Waals surface area contributed by atoms with Crippen LogP contribution in [0.5, 0.6) is 0 Å². The highest BCUT2D eigenvalue weighted by Crippen LogP contribution is 2.24. The Morgan fingerprint density at radius 2 is 2.27 bits per heavy atom. The zero-order valence-corrected chi connectivity index (χ0v) is 10.1. The van der Waals surface area contributed by atoms with E-state index in [1.165, 1.54) is 10.6 Å². The van der Waals surface area contributed by atoms with Gasteiger partial charge in [0.15, 0.2) is 0 Å². The molecule has 5 heteroatoms. The average molecular weight is 225 g/mol. The second-order valence-electron chi connectivity index (χ2n) is 3.95. The van der Waals surface area contributed by atoms with Crippen LogP contribution in [-0.2, 0) is 13.0 Å². The number of fused-ring (bicyclic) bond motifs is 1. The summed E-state index contributed by atoms with van der Waals surface area (Å²) in [5.41, 5.74) is 1.18. The van der Waals surface area contributed by atoms with Gasteiger partial charge in [0.25, 0.3) is 0 Å². The van der Waals surface area contributed by atoms with E-state index in [0.29, 0.717) is 0 Å². The van der Waals surface area contributed by atoms with Gasteiger partial charge in [-0.3, -0.25) is 0 Å². The van der Waals surface area contributed by atoms with Crippen LogP contribution in [0.4, 0.5) is 4.79 Å². The molecule has 0 unspecified atom stereocenters. The predicted molar refractivity (Wildman–Crippen MR) is 60.0 cm³/mol. The summed E-state index contributed by atoms with van der Waals surface area (Å²) in [6.45, 7) is 3.52. The van der Waals surface area contributed by atoms with Crippen LogP contribution < -0.4 is 0 Å². The molecule has 0 saturated carbocycles. The average Bonchev–Trinajstić information content (AvgIpc) is 2.55. The van der Waals surface area contributed by atoms with Crippen molar-refractivity contribution in [2.24, 2.45) is 0 Å². The van der Waals surface area contributed by atoms with E-state index in [4.69, 9.17) is 0 Å². The van der Waals surface area contributed by atoms with Crippen LogP contribution in [-0.4, -0.2) is 41.5 Å². The van der Waals surface area contributed by atoms with Gasteiger partial charge in [-0.05, 0) is 6.92 Å². The molecule has 15 heavy (non-hydrogen) atoms. The highest BCUT2D eigenvalue weighted by atomic mass is 32.1. The minimum absolute atomic E-state index is 0.0895. The van der Waals surface area contributed by atoms with Gasteiger partial charge in [-0.2, -0.15) is 0 Å². The molecule has 0 radical (unpaired) electrons. The lowest BCUT2D eigenvalue weighted by atomic mass is 10.2. The number of carbonyl (C=O) groups excluding carboxylic acids is 1. The normalized spacial score (nSPS) is 15.0. The Morgan fingerprint density at radius 3 is 2.93 bits per heavy atom. The molecule has 2 rings (SSSR count). The van der Waals surface area contributed by atoms with Crippen molar-refractivity contribution >= 4 is 17.4 Å². The maximum atomic E-state index is 11.8. The maximum absolute atomic E-state index is 11.8. The summed E-state index contributed by atoms with van der Waals surface area (Å²) in [4.78, 5) is 21.0. The third kappa shape index (κ3) is 1.97. The van der Waals surface area contributed by atoms with Gasteiger partial charge in [0.1, 0.15) is 0 Å². The number of aryl methyl sites for hydroxylation is 1. The second kappa shape index (κ2) is 3.81. The topological polar surface area (TPSA) is 36.4 Å². The first-order valence-electron chi connectivity index (χ1n) is 4.99. The van der Waals surface area contributed by atoms with Crippen molar-refractivity contribution in [1.29, 1.82) is 0 Å². The molecule has 82 valence electrons. The highest BCUT2D eigenvalue weighted by molar-refractivity contribution is 7.11. The van der Waals surface area contributed by atoms with E-state index in [1.54, 1.807) is 30.3 Å². The zero-order chi connectivity index (χ0) is 11.0. The van der Waals surface area contributed by atoms with E-state index >= 15 is 0 Å². The van der Waals surface area contributed by atoms with E-state index in [9.17, 15) is 4.79 Å². The molecule has 1 aromatic rings. The molecular weight excluding hydrogens is 210 g/mol. The van der Waals surface area contributed by atoms with Crippen molar-refractivity contribution in [3.05, 3.63) is 15.6 Å². The van der Waals surface area contributed by atoms with Crippen LogP contribution >= 0.6 is 11.3 Å². The number of urea groups is 1. The van der Waals surface area contributed by atoms with Crippen LogP contribution in [0.1, 0.15) is 15.6 Å². The molecule has 0 aliphatic carbocycles. The van der Waals surface area contributed by atoms with Crippen LogP contribution in [0.25, 0.3) is 0 Å². The molecule has 0 N–H and O–H groups in total. The first-order chi connectivity index (χ1) is 7.08. The van der Waals surface area contributed by atoms with Gasteiger partial charge in [-0.15, -0.1) is 11.3 Å². The van der Waals surface area contributed by atoms with Crippen LogP contribution in [0.15, 0.2) is 0 Å². The fourth-order valence-corrected chi connectivity index (χ4v) is 2.77. The third-order valence-corrected chi connectivity index (χ3v) is 3.49. The Kier molecular flexibility index (Phi) is 2.65. The summed E-state index contributed by atoms with van der Waals surface area (Å²) in [7, 11) is 3.57. The Hall–Kier alpha value is -1.10. The fraction of sp³-hybridized carbons (Fsp3) is 0.600. The zero-order valence-electron chi connectivity index (χ0n) is 9.28. The first-order valence-corrected chi connectivity index (χ1v) is 5.81. The minimum Gasteiger partial charge on any atom is -0.331 e. The lowest BCUT2D eigenvalue weighted by molar-refractivity contribution is 0.166. The van der Waals surface area contributed by atoms with E-state index in [-0.39, 0.29) is 6.03 Å². The molecule has 2 amide bonds. The number of hydrogen-bond donors (Lipinski definition) is 0. The third-order valence-electron chi connectivity index (χ3n) is 2.49. The van der Waals surface area contributed by atoms with Crippen molar-refractivity contribution in [3.63, 3.8) is 0 Å². The summed E-state index contributed by atoms with van der Waals surface area (Å²) >= 11 is 1.70. The summed E-state index contributed by atoms with van der Waals surface area (Å²) in [6.07, 6.45) is 0.888. The van der Waals surface area contributed by atoms with E-state index < -0.39 is 0 Å². The minimum atomic E-state index is 0.0895. The van der Waals surface area contributed by atoms with Crippen LogP contribution in [0.3, 0.4) is 0 Å². The van der Waals surface area contributed by atoms with Crippen LogP contribution in [0, 0.1) is 6.92 Å². The summed E-state index contributed by atoms with van der Waals surface area (Å²) < 4.78 is 0. The van der Waals surface area contributed by atoms with Gasteiger partial charge in [-0.1, -0.05) is 0 Å². The van der Waals surface area contributed by atoms with Crippen molar-refractivity contribution in [2.45, 2.75) is 19.9 Å². The molecule has 0 aromatic carbocycles. The number of nitrogens with zero attached hydrogens (tertiary/aromatic N) is 3. The number of carbonyl (C=O) groups is 1. The predicted octanol–water partition coefficient (Wildman–Crippen LogP) is 1.49. The molecule has 4 nitrogen and oxygen atoms in total. The van der Waals surface area contributed by atoms with Gasteiger partial charge in [0.05, 0.1) is 17.2 Å². The van der Waals surface area contributed by atoms with Gasteiger partial charge in [0, 0.05) is 31.9 Å². The largest absolute Gasteiger partial charge is 0.331 e. The molecule has 0 atom stereocenters. The quantitative estimate of drug-likeness (QED) is 0.670. The first kappa shape index (κ1) is 10.4. The Labute approximate surface area is 93.5 Å². The van der Waals surface area contributed by atoms with E-state index in [2.05, 4.69) is 4.98 Å². The van der Waals surface area contributed by atoms with Crippen molar-refractivity contribution < 1.29 is 4.79 Å². The lowest BCUT2D eigenvalue weighted by Crippen LogP contribution is -2.41. The highest BCUT2D eigenvalue weighted by Gasteiger charge is 2.24. The van der Waals surface area contributed by atoms with Crippen molar-refractivity contribution in [1.82, 2.24) is 14.8 Å². The molecule has 1 aromatic heterocycles. The fourth-order valence-electron chi connectivity index (χ4n) is 1.77. The molecule has 0 spiro atoms. The smallest absolute Gasteiger partial charge is 0.319 e. The SMILES string of the molecule is Cc1nc2c(s1)CN(C(=O)N(C)C)CC2. The van der Waals surface area contributed by atoms with Crippen LogP contribution in [0.2, 0.25) is 0 Å². The number of hydrogen-bond acceptors (Lipinski definition) is 3.